The Morgan fingerprint density at radius 3 is 2.35 bits per heavy atom. The van der Waals surface area contributed by atoms with Gasteiger partial charge in [-0.05, 0) is 74.9 Å². The molecule has 1 aromatic heterocycles. The third kappa shape index (κ3) is 5.89. The van der Waals surface area contributed by atoms with Crippen molar-refractivity contribution in [2.45, 2.75) is 33.5 Å². The summed E-state index contributed by atoms with van der Waals surface area (Å²) in [5.41, 5.74) is 3.24. The Balaban J connectivity index is 1.71. The number of ether oxygens (including phenoxy) is 3. The zero-order valence-corrected chi connectivity index (χ0v) is 19.2. The van der Waals surface area contributed by atoms with E-state index in [-0.39, 0.29) is 11.5 Å². The lowest BCUT2D eigenvalue weighted by atomic mass is 10.1. The summed E-state index contributed by atoms with van der Waals surface area (Å²) < 4.78 is 41.4. The van der Waals surface area contributed by atoms with E-state index in [0.717, 1.165) is 11.3 Å². The summed E-state index contributed by atoms with van der Waals surface area (Å²) in [6.45, 7) is 2.20. The molecule has 0 aliphatic rings. The monoisotopic (exact) mass is 469 g/mol. The van der Waals surface area contributed by atoms with Gasteiger partial charge in [0, 0.05) is 28.7 Å². The van der Waals surface area contributed by atoms with Gasteiger partial charge in [-0.3, -0.25) is 4.79 Å². The number of rotatable bonds is 9. The van der Waals surface area contributed by atoms with Crippen LogP contribution in [-0.4, -0.2) is 36.1 Å². The minimum Gasteiger partial charge on any atom is -0.497 e. The first-order valence-electron chi connectivity index (χ1n) is 10.5. The van der Waals surface area contributed by atoms with Gasteiger partial charge < -0.3 is 18.8 Å². The van der Waals surface area contributed by atoms with E-state index in [2.05, 4.69) is 4.74 Å². The Kier molecular flexibility index (Phi) is 7.83. The van der Waals surface area contributed by atoms with Gasteiger partial charge in [0.25, 0.3) is 0 Å². The maximum Gasteiger partial charge on any atom is 0.387 e. The molecule has 1 heterocycles. The van der Waals surface area contributed by atoms with Gasteiger partial charge in [-0.1, -0.05) is 12.1 Å². The summed E-state index contributed by atoms with van der Waals surface area (Å²) >= 11 is 0. The molecule has 0 spiro atoms. The number of Topliss-reactive ketones (excluding diaryl/α,β-unsaturated/α-hetero) is 1. The lowest BCUT2D eigenvalue weighted by Gasteiger charge is -2.13. The van der Waals surface area contributed by atoms with Crippen LogP contribution in [-0.2, 0) is 9.53 Å². The predicted molar refractivity (Wildman–Crippen MR) is 124 cm³/mol. The minimum absolute atomic E-state index is 0.0417. The molecule has 0 aliphatic heterocycles. The fourth-order valence-electron chi connectivity index (χ4n) is 3.58. The number of benzene rings is 2. The first-order valence-corrected chi connectivity index (χ1v) is 10.5. The molecule has 0 amide bonds. The standard InChI is InChI=1S/C26H25F2NO5/c1-16-14-23(17(2)29(16)20-9-11-21(12-10-20)34-26(27)28)25(31)18(3)33-24(30)13-8-19-6-5-7-22(15-19)32-4/h5-15,18,26H,1-4H3. The average Bonchev–Trinajstić information content (AvgIpc) is 3.11. The van der Waals surface area contributed by atoms with Gasteiger partial charge in [0.05, 0.1) is 7.11 Å². The molecule has 1 unspecified atom stereocenters. The number of esters is 1. The molecule has 2 aromatic carbocycles. The van der Waals surface area contributed by atoms with Gasteiger partial charge in [0.1, 0.15) is 11.5 Å². The molecule has 178 valence electrons. The van der Waals surface area contributed by atoms with Crippen LogP contribution in [0.4, 0.5) is 8.78 Å². The van der Waals surface area contributed by atoms with Gasteiger partial charge in [-0.15, -0.1) is 0 Å². The van der Waals surface area contributed by atoms with Gasteiger partial charge >= 0.3 is 12.6 Å². The summed E-state index contributed by atoms with van der Waals surface area (Å²) in [5.74, 6) is -0.294. The Labute approximate surface area is 196 Å². The normalized spacial score (nSPS) is 12.1. The van der Waals surface area contributed by atoms with Crippen LogP contribution >= 0.6 is 0 Å². The summed E-state index contributed by atoms with van der Waals surface area (Å²) in [4.78, 5) is 25.2. The number of alkyl halides is 2. The highest BCUT2D eigenvalue weighted by Crippen LogP contribution is 2.25. The van der Waals surface area contributed by atoms with E-state index < -0.39 is 18.7 Å². The van der Waals surface area contributed by atoms with Crippen LogP contribution in [0, 0.1) is 13.8 Å². The number of nitrogens with zero attached hydrogens (tertiary/aromatic N) is 1. The number of hydrogen-bond acceptors (Lipinski definition) is 5. The fourth-order valence-corrected chi connectivity index (χ4v) is 3.58. The van der Waals surface area contributed by atoms with E-state index in [1.54, 1.807) is 56.5 Å². The third-order valence-electron chi connectivity index (χ3n) is 5.18. The van der Waals surface area contributed by atoms with E-state index in [1.807, 2.05) is 17.6 Å². The average molecular weight is 469 g/mol. The van der Waals surface area contributed by atoms with Gasteiger partial charge in [0.2, 0.25) is 5.78 Å². The molecule has 0 saturated carbocycles. The second-order valence-electron chi connectivity index (χ2n) is 7.55. The van der Waals surface area contributed by atoms with Crippen molar-refractivity contribution < 1.29 is 32.6 Å². The summed E-state index contributed by atoms with van der Waals surface area (Å²) in [6, 6.07) is 15.0. The second kappa shape index (κ2) is 10.8. The summed E-state index contributed by atoms with van der Waals surface area (Å²) in [6.07, 6.45) is 1.83. The zero-order valence-electron chi connectivity index (χ0n) is 19.2. The Hall–Kier alpha value is -3.94. The number of methoxy groups -OCH3 is 1. The van der Waals surface area contributed by atoms with Crippen molar-refractivity contribution in [1.82, 2.24) is 4.57 Å². The number of carbonyl (C=O) groups is 2. The molecule has 0 fully saturated rings. The molecule has 0 bridgehead atoms. The second-order valence-corrected chi connectivity index (χ2v) is 7.55. The van der Waals surface area contributed by atoms with Crippen molar-refractivity contribution in [3.05, 3.63) is 83.2 Å². The molecule has 34 heavy (non-hydrogen) atoms. The summed E-state index contributed by atoms with van der Waals surface area (Å²) in [5, 5.41) is 0. The molecule has 0 saturated heterocycles. The smallest absolute Gasteiger partial charge is 0.387 e. The molecule has 3 rings (SSSR count). The first-order chi connectivity index (χ1) is 16.2. The van der Waals surface area contributed by atoms with E-state index in [1.165, 1.54) is 25.1 Å². The molecular formula is C26H25F2NO5. The Bertz CT molecular complexity index is 1200. The molecule has 1 atom stereocenters. The number of hydrogen-bond donors (Lipinski definition) is 0. The highest BCUT2D eigenvalue weighted by Gasteiger charge is 2.24. The third-order valence-corrected chi connectivity index (χ3v) is 5.18. The van der Waals surface area contributed by atoms with E-state index in [4.69, 9.17) is 9.47 Å². The lowest BCUT2D eigenvalue weighted by molar-refractivity contribution is -0.140. The molecule has 0 radical (unpaired) electrons. The van der Waals surface area contributed by atoms with E-state index in [9.17, 15) is 18.4 Å². The van der Waals surface area contributed by atoms with Crippen LogP contribution in [0.5, 0.6) is 11.5 Å². The number of aromatic nitrogens is 1. The van der Waals surface area contributed by atoms with Crippen LogP contribution in [0.1, 0.15) is 34.2 Å². The maximum atomic E-state index is 13.0. The number of aryl methyl sites for hydroxylation is 1. The maximum absolute atomic E-state index is 13.0. The molecular weight excluding hydrogens is 444 g/mol. The fraction of sp³-hybridized carbons (Fsp3) is 0.231. The number of ketones is 1. The first kappa shape index (κ1) is 24.7. The minimum atomic E-state index is -2.90. The highest BCUT2D eigenvalue weighted by molar-refractivity contribution is 6.02. The van der Waals surface area contributed by atoms with Crippen LogP contribution in [0.15, 0.2) is 60.7 Å². The molecule has 0 N–H and O–H groups in total. The van der Waals surface area contributed by atoms with Gasteiger partial charge in [-0.2, -0.15) is 8.78 Å². The van der Waals surface area contributed by atoms with Gasteiger partial charge in [0.15, 0.2) is 6.10 Å². The van der Waals surface area contributed by atoms with Gasteiger partial charge in [-0.25, -0.2) is 4.79 Å². The van der Waals surface area contributed by atoms with Crippen LogP contribution in [0.3, 0.4) is 0 Å². The van der Waals surface area contributed by atoms with E-state index >= 15 is 0 Å². The molecule has 3 aromatic rings. The lowest BCUT2D eigenvalue weighted by Crippen LogP contribution is -2.24. The predicted octanol–water partition coefficient (Wildman–Crippen LogP) is 5.53. The van der Waals surface area contributed by atoms with Crippen LogP contribution in [0.2, 0.25) is 0 Å². The van der Waals surface area contributed by atoms with E-state index in [0.29, 0.717) is 22.7 Å². The number of carbonyl (C=O) groups excluding carboxylic acids is 2. The Morgan fingerprint density at radius 1 is 1.00 bits per heavy atom. The molecule has 6 nitrogen and oxygen atoms in total. The van der Waals surface area contributed by atoms with Crippen molar-refractivity contribution in [3.8, 4) is 17.2 Å². The molecule has 8 heteroatoms. The SMILES string of the molecule is COc1cccc(C=CC(=O)OC(C)C(=O)c2cc(C)n(-c3ccc(OC(F)F)cc3)c2C)c1. The summed E-state index contributed by atoms with van der Waals surface area (Å²) in [7, 11) is 1.55. The highest BCUT2D eigenvalue weighted by atomic mass is 19.3. The topological polar surface area (TPSA) is 66.8 Å². The van der Waals surface area contributed by atoms with Crippen LogP contribution < -0.4 is 9.47 Å². The largest absolute Gasteiger partial charge is 0.497 e. The van der Waals surface area contributed by atoms with Crippen molar-refractivity contribution >= 4 is 17.8 Å². The van der Waals surface area contributed by atoms with Crippen LogP contribution in [0.25, 0.3) is 11.8 Å². The van der Waals surface area contributed by atoms with Crippen molar-refractivity contribution in [3.63, 3.8) is 0 Å². The van der Waals surface area contributed by atoms with Crippen molar-refractivity contribution in [2.24, 2.45) is 0 Å². The zero-order chi connectivity index (χ0) is 24.8. The number of halogens is 2. The quantitative estimate of drug-likeness (QED) is 0.234. The van der Waals surface area contributed by atoms with Crippen molar-refractivity contribution in [2.75, 3.05) is 7.11 Å². The Morgan fingerprint density at radius 2 is 1.71 bits per heavy atom. The van der Waals surface area contributed by atoms with Crippen molar-refractivity contribution in [1.29, 1.82) is 0 Å². The molecule has 0 aliphatic carbocycles.